The van der Waals surface area contributed by atoms with Gasteiger partial charge >= 0.3 is 0 Å². The number of hydrogen-bond acceptors (Lipinski definition) is 6. The third-order valence-electron chi connectivity index (χ3n) is 1.63. The largest absolute Gasteiger partial charge is 0.360 e. The molecule has 0 bridgehead atoms. The van der Waals surface area contributed by atoms with Crippen LogP contribution in [0.2, 0.25) is 0 Å². The summed E-state index contributed by atoms with van der Waals surface area (Å²) in [6.07, 6.45) is 1.57. The molecule has 1 N–H and O–H groups in total. The molecule has 6 heteroatoms. The Balaban J connectivity index is 2.22. The van der Waals surface area contributed by atoms with E-state index in [0.29, 0.717) is 6.42 Å². The van der Waals surface area contributed by atoms with Crippen molar-refractivity contribution in [2.24, 2.45) is 0 Å². The average Bonchev–Trinajstić information content (AvgIpc) is 2.61. The van der Waals surface area contributed by atoms with Crippen LogP contribution in [0.25, 0.3) is 0 Å². The van der Waals surface area contributed by atoms with E-state index < -0.39 is 0 Å². The number of rotatable bonds is 7. The monoisotopic (exact) mass is 245 g/mol. The second kappa shape index (κ2) is 6.79. The maximum Gasteiger partial charge on any atom is 0.206 e. The number of hydrogen-bond donors (Lipinski definition) is 1. The number of nitrogens with one attached hydrogen (secondary N) is 1. The minimum atomic E-state index is 0.251. The standard InChI is InChI=1S/C9H15N3OS2/c1-3-10-8-11-12-9(15-8)14-6-4-5-7(2)13/h3-6H2,1-2H3,(H,10,11). The van der Waals surface area contributed by atoms with Gasteiger partial charge in [-0.1, -0.05) is 23.1 Å². The van der Waals surface area contributed by atoms with Crippen LogP contribution < -0.4 is 5.32 Å². The SMILES string of the molecule is CCNc1nnc(SCCCC(C)=O)s1. The van der Waals surface area contributed by atoms with Gasteiger partial charge in [0.05, 0.1) is 0 Å². The van der Waals surface area contributed by atoms with E-state index in [4.69, 9.17) is 0 Å². The van der Waals surface area contributed by atoms with E-state index in [1.54, 1.807) is 30.0 Å². The fourth-order valence-electron chi connectivity index (χ4n) is 0.971. The molecule has 0 unspecified atom stereocenters. The molecule has 0 aliphatic carbocycles. The first-order valence-electron chi connectivity index (χ1n) is 4.92. The lowest BCUT2D eigenvalue weighted by atomic mass is 10.3. The summed E-state index contributed by atoms with van der Waals surface area (Å²) in [5.41, 5.74) is 0. The summed E-state index contributed by atoms with van der Waals surface area (Å²) in [6, 6.07) is 0. The van der Waals surface area contributed by atoms with Crippen molar-refractivity contribution >= 4 is 34.0 Å². The molecule has 1 heterocycles. The molecule has 1 aromatic heterocycles. The molecule has 0 saturated heterocycles. The molecule has 0 radical (unpaired) electrons. The van der Waals surface area contributed by atoms with Crippen LogP contribution >= 0.6 is 23.1 Å². The highest BCUT2D eigenvalue weighted by Crippen LogP contribution is 2.25. The molecule has 0 fully saturated rings. The van der Waals surface area contributed by atoms with Crippen LogP contribution in [-0.4, -0.2) is 28.3 Å². The number of anilines is 1. The maximum atomic E-state index is 10.7. The van der Waals surface area contributed by atoms with Gasteiger partial charge in [0.2, 0.25) is 5.13 Å². The molecule has 1 rings (SSSR count). The van der Waals surface area contributed by atoms with Gasteiger partial charge in [-0.25, -0.2) is 0 Å². The fourth-order valence-corrected chi connectivity index (χ4v) is 2.80. The lowest BCUT2D eigenvalue weighted by Crippen LogP contribution is -1.94. The Bertz CT molecular complexity index is 314. The predicted molar refractivity (Wildman–Crippen MR) is 64.7 cm³/mol. The Morgan fingerprint density at radius 1 is 1.53 bits per heavy atom. The lowest BCUT2D eigenvalue weighted by Gasteiger charge is -1.94. The van der Waals surface area contributed by atoms with Gasteiger partial charge < -0.3 is 10.1 Å². The predicted octanol–water partition coefficient (Wildman–Crippen LogP) is 2.43. The number of nitrogens with zero attached hydrogens (tertiary/aromatic N) is 2. The molecule has 0 aliphatic rings. The number of carbonyl (C=O) groups is 1. The summed E-state index contributed by atoms with van der Waals surface area (Å²) in [5.74, 6) is 1.18. The number of ketones is 1. The van der Waals surface area contributed by atoms with Crippen LogP contribution in [0.1, 0.15) is 26.7 Å². The first-order chi connectivity index (χ1) is 7.22. The Labute approximate surface area is 97.9 Å². The molecular formula is C9H15N3OS2. The molecule has 15 heavy (non-hydrogen) atoms. The Morgan fingerprint density at radius 2 is 2.33 bits per heavy atom. The highest BCUT2D eigenvalue weighted by molar-refractivity contribution is 8.01. The highest BCUT2D eigenvalue weighted by atomic mass is 32.2. The number of aromatic nitrogens is 2. The topological polar surface area (TPSA) is 54.9 Å². The van der Waals surface area contributed by atoms with Crippen molar-refractivity contribution in [2.45, 2.75) is 31.0 Å². The third kappa shape index (κ3) is 5.13. The summed E-state index contributed by atoms with van der Waals surface area (Å²) in [7, 11) is 0. The second-order valence-corrected chi connectivity index (χ2v) is 5.38. The average molecular weight is 245 g/mol. The van der Waals surface area contributed by atoms with Gasteiger partial charge in [-0.2, -0.15) is 0 Å². The summed E-state index contributed by atoms with van der Waals surface area (Å²) in [5, 5.41) is 12.0. The Morgan fingerprint density at radius 3 is 3.00 bits per heavy atom. The third-order valence-corrected chi connectivity index (χ3v) is 3.73. The van der Waals surface area contributed by atoms with Crippen molar-refractivity contribution in [2.75, 3.05) is 17.6 Å². The van der Waals surface area contributed by atoms with Gasteiger partial charge in [-0.3, -0.25) is 0 Å². The molecule has 0 atom stereocenters. The van der Waals surface area contributed by atoms with Crippen molar-refractivity contribution < 1.29 is 4.79 Å². The van der Waals surface area contributed by atoms with Gasteiger partial charge in [0.15, 0.2) is 4.34 Å². The van der Waals surface area contributed by atoms with Gasteiger partial charge in [0.25, 0.3) is 0 Å². The molecule has 84 valence electrons. The summed E-state index contributed by atoms with van der Waals surface area (Å²) < 4.78 is 0.967. The maximum absolute atomic E-state index is 10.7. The van der Waals surface area contributed by atoms with E-state index in [9.17, 15) is 4.79 Å². The molecule has 0 aliphatic heterocycles. The number of carbonyl (C=O) groups excluding carboxylic acids is 1. The van der Waals surface area contributed by atoms with Crippen LogP contribution in [0.5, 0.6) is 0 Å². The van der Waals surface area contributed by atoms with Crippen LogP contribution in [-0.2, 0) is 4.79 Å². The van der Waals surface area contributed by atoms with Crippen molar-refractivity contribution in [3.8, 4) is 0 Å². The van der Waals surface area contributed by atoms with Crippen molar-refractivity contribution in [3.05, 3.63) is 0 Å². The Kier molecular flexibility index (Phi) is 5.63. The molecular weight excluding hydrogens is 230 g/mol. The first kappa shape index (κ1) is 12.4. The van der Waals surface area contributed by atoms with E-state index in [1.165, 1.54) is 0 Å². The van der Waals surface area contributed by atoms with E-state index in [2.05, 4.69) is 15.5 Å². The van der Waals surface area contributed by atoms with Crippen LogP contribution in [0.4, 0.5) is 5.13 Å². The molecule has 4 nitrogen and oxygen atoms in total. The zero-order valence-electron chi connectivity index (χ0n) is 8.95. The quantitative estimate of drug-likeness (QED) is 0.590. The Hall–Kier alpha value is -0.620. The molecule has 0 saturated carbocycles. The first-order valence-corrected chi connectivity index (χ1v) is 6.72. The normalized spacial score (nSPS) is 10.3. The highest BCUT2D eigenvalue weighted by Gasteiger charge is 2.03. The molecule has 0 spiro atoms. The summed E-state index contributed by atoms with van der Waals surface area (Å²) in [4.78, 5) is 10.7. The zero-order chi connectivity index (χ0) is 11.1. The van der Waals surface area contributed by atoms with Gasteiger partial charge in [-0.05, 0) is 20.3 Å². The van der Waals surface area contributed by atoms with E-state index >= 15 is 0 Å². The van der Waals surface area contributed by atoms with Gasteiger partial charge in [0.1, 0.15) is 5.78 Å². The fraction of sp³-hybridized carbons (Fsp3) is 0.667. The van der Waals surface area contributed by atoms with Crippen LogP contribution in [0.3, 0.4) is 0 Å². The zero-order valence-corrected chi connectivity index (χ0v) is 10.6. The number of Topliss-reactive ketones (excluding diaryl/α,β-unsaturated/α-hetero) is 1. The minimum Gasteiger partial charge on any atom is -0.360 e. The van der Waals surface area contributed by atoms with Crippen LogP contribution in [0.15, 0.2) is 4.34 Å². The van der Waals surface area contributed by atoms with Crippen LogP contribution in [0, 0.1) is 0 Å². The van der Waals surface area contributed by atoms with E-state index in [0.717, 1.165) is 28.2 Å². The molecule has 1 aromatic rings. The van der Waals surface area contributed by atoms with Crippen molar-refractivity contribution in [1.29, 1.82) is 0 Å². The molecule has 0 aromatic carbocycles. The second-order valence-electron chi connectivity index (χ2n) is 3.06. The number of thioether (sulfide) groups is 1. The van der Waals surface area contributed by atoms with E-state index in [-0.39, 0.29) is 5.78 Å². The minimum absolute atomic E-state index is 0.251. The molecule has 0 amide bonds. The van der Waals surface area contributed by atoms with Crippen molar-refractivity contribution in [3.63, 3.8) is 0 Å². The summed E-state index contributed by atoms with van der Waals surface area (Å²) in [6.45, 7) is 4.52. The van der Waals surface area contributed by atoms with E-state index in [1.807, 2.05) is 6.92 Å². The van der Waals surface area contributed by atoms with Gasteiger partial charge in [0, 0.05) is 18.7 Å². The van der Waals surface area contributed by atoms with Crippen molar-refractivity contribution in [1.82, 2.24) is 10.2 Å². The summed E-state index contributed by atoms with van der Waals surface area (Å²) >= 11 is 3.22. The van der Waals surface area contributed by atoms with Gasteiger partial charge in [-0.15, -0.1) is 10.2 Å². The lowest BCUT2D eigenvalue weighted by molar-refractivity contribution is -0.117. The smallest absolute Gasteiger partial charge is 0.206 e.